The van der Waals surface area contributed by atoms with Gasteiger partial charge in [-0.2, -0.15) is 0 Å². The number of thiophene rings is 1. The van der Waals surface area contributed by atoms with E-state index in [0.717, 1.165) is 21.0 Å². The van der Waals surface area contributed by atoms with E-state index in [9.17, 15) is 0 Å². The van der Waals surface area contributed by atoms with Crippen LogP contribution in [0.1, 0.15) is 0 Å². The third kappa shape index (κ3) is 1.75. The lowest BCUT2D eigenvalue weighted by Crippen LogP contribution is -1.80. The standard InChI is InChI=1S/C11H8N2OS2/c12-11-13-8-4-3-7(6-9(8)16-11)14-10-2-1-5-15-10/h1-6H,(H2,12,13). The summed E-state index contributed by atoms with van der Waals surface area (Å²) < 4.78 is 6.74. The summed E-state index contributed by atoms with van der Waals surface area (Å²) in [5.41, 5.74) is 6.56. The van der Waals surface area contributed by atoms with Crippen LogP contribution in [0.4, 0.5) is 5.13 Å². The number of anilines is 1. The molecule has 16 heavy (non-hydrogen) atoms. The van der Waals surface area contributed by atoms with E-state index in [1.54, 1.807) is 11.3 Å². The van der Waals surface area contributed by atoms with E-state index in [4.69, 9.17) is 10.5 Å². The van der Waals surface area contributed by atoms with Crippen LogP contribution in [-0.2, 0) is 0 Å². The molecule has 0 atom stereocenters. The lowest BCUT2D eigenvalue weighted by molar-refractivity contribution is 0.497. The largest absolute Gasteiger partial charge is 0.447 e. The Labute approximate surface area is 100 Å². The molecule has 0 aliphatic heterocycles. The number of hydrogen-bond acceptors (Lipinski definition) is 5. The van der Waals surface area contributed by atoms with Crippen LogP contribution < -0.4 is 10.5 Å². The van der Waals surface area contributed by atoms with Crippen LogP contribution >= 0.6 is 22.7 Å². The number of rotatable bonds is 2. The summed E-state index contributed by atoms with van der Waals surface area (Å²) >= 11 is 3.04. The van der Waals surface area contributed by atoms with Gasteiger partial charge in [0.2, 0.25) is 0 Å². The fourth-order valence-electron chi connectivity index (χ4n) is 1.42. The minimum absolute atomic E-state index is 0.586. The molecule has 2 aromatic heterocycles. The first-order valence-electron chi connectivity index (χ1n) is 4.69. The average molecular weight is 248 g/mol. The first-order valence-corrected chi connectivity index (χ1v) is 6.38. The molecule has 0 aliphatic carbocycles. The van der Waals surface area contributed by atoms with Crippen molar-refractivity contribution in [2.24, 2.45) is 0 Å². The Morgan fingerprint density at radius 2 is 2.19 bits per heavy atom. The van der Waals surface area contributed by atoms with Gasteiger partial charge in [0.1, 0.15) is 5.75 Å². The topological polar surface area (TPSA) is 48.1 Å². The van der Waals surface area contributed by atoms with Gasteiger partial charge in [0.25, 0.3) is 0 Å². The number of ether oxygens (including phenoxy) is 1. The molecule has 3 aromatic rings. The van der Waals surface area contributed by atoms with Crippen LogP contribution in [0.25, 0.3) is 10.2 Å². The summed E-state index contributed by atoms with van der Waals surface area (Å²) in [5, 5.41) is 3.46. The average Bonchev–Trinajstić information content (AvgIpc) is 2.85. The first-order chi connectivity index (χ1) is 7.81. The minimum Gasteiger partial charge on any atom is -0.447 e. The third-order valence-electron chi connectivity index (χ3n) is 2.09. The molecule has 0 bridgehead atoms. The highest BCUT2D eigenvalue weighted by molar-refractivity contribution is 7.22. The van der Waals surface area contributed by atoms with Gasteiger partial charge in [-0.1, -0.05) is 11.3 Å². The third-order valence-corrected chi connectivity index (χ3v) is 3.68. The van der Waals surface area contributed by atoms with Crippen molar-refractivity contribution in [1.29, 1.82) is 0 Å². The van der Waals surface area contributed by atoms with Gasteiger partial charge in [0.05, 0.1) is 10.2 Å². The molecule has 80 valence electrons. The number of nitrogens with two attached hydrogens (primary N) is 1. The van der Waals surface area contributed by atoms with Crippen molar-refractivity contribution in [3.8, 4) is 10.8 Å². The van der Waals surface area contributed by atoms with Gasteiger partial charge in [-0.3, -0.25) is 0 Å². The molecular formula is C11H8N2OS2. The number of aromatic nitrogens is 1. The van der Waals surface area contributed by atoms with Gasteiger partial charge < -0.3 is 10.5 Å². The second kappa shape index (κ2) is 3.77. The summed E-state index contributed by atoms with van der Waals surface area (Å²) in [4.78, 5) is 4.19. The monoisotopic (exact) mass is 248 g/mol. The van der Waals surface area contributed by atoms with Crippen molar-refractivity contribution in [3.05, 3.63) is 35.7 Å². The molecule has 0 radical (unpaired) electrons. The van der Waals surface area contributed by atoms with Crippen LogP contribution in [0.15, 0.2) is 35.7 Å². The van der Waals surface area contributed by atoms with E-state index < -0.39 is 0 Å². The van der Waals surface area contributed by atoms with Gasteiger partial charge >= 0.3 is 0 Å². The van der Waals surface area contributed by atoms with Crippen LogP contribution in [0.3, 0.4) is 0 Å². The SMILES string of the molecule is Nc1nc2ccc(Oc3cccs3)cc2s1. The van der Waals surface area contributed by atoms with Crippen molar-refractivity contribution < 1.29 is 4.74 Å². The molecule has 0 saturated heterocycles. The molecule has 0 unspecified atom stereocenters. The molecule has 2 N–H and O–H groups in total. The summed E-state index contributed by atoms with van der Waals surface area (Å²) in [6.45, 7) is 0. The summed E-state index contributed by atoms with van der Waals surface area (Å²) in [6, 6.07) is 9.69. The van der Waals surface area contributed by atoms with Crippen molar-refractivity contribution >= 4 is 38.0 Å². The van der Waals surface area contributed by atoms with Crippen molar-refractivity contribution in [1.82, 2.24) is 4.98 Å². The zero-order chi connectivity index (χ0) is 11.0. The molecule has 0 amide bonds. The van der Waals surface area contributed by atoms with E-state index in [1.165, 1.54) is 11.3 Å². The number of nitrogen functional groups attached to an aromatic ring is 1. The fourth-order valence-corrected chi connectivity index (χ4v) is 2.78. The second-order valence-electron chi connectivity index (χ2n) is 3.22. The Kier molecular flexibility index (Phi) is 2.27. The van der Waals surface area contributed by atoms with Crippen molar-refractivity contribution in [2.45, 2.75) is 0 Å². The smallest absolute Gasteiger partial charge is 0.181 e. The Bertz CT molecular complexity index is 616. The molecule has 1 aromatic carbocycles. The number of fused-ring (bicyclic) bond motifs is 1. The lowest BCUT2D eigenvalue weighted by atomic mass is 10.3. The first kappa shape index (κ1) is 9.62. The van der Waals surface area contributed by atoms with Crippen molar-refractivity contribution in [3.63, 3.8) is 0 Å². The maximum Gasteiger partial charge on any atom is 0.181 e. The number of thiazole rings is 1. The van der Waals surface area contributed by atoms with E-state index >= 15 is 0 Å². The van der Waals surface area contributed by atoms with Crippen LogP contribution in [0.2, 0.25) is 0 Å². The summed E-state index contributed by atoms with van der Waals surface area (Å²) in [6.07, 6.45) is 0. The molecule has 3 rings (SSSR count). The fraction of sp³-hybridized carbons (Fsp3) is 0. The zero-order valence-electron chi connectivity index (χ0n) is 8.21. The van der Waals surface area contributed by atoms with Gasteiger partial charge in [0, 0.05) is 6.07 Å². The van der Waals surface area contributed by atoms with Gasteiger partial charge in [-0.25, -0.2) is 4.98 Å². The van der Waals surface area contributed by atoms with E-state index in [-0.39, 0.29) is 0 Å². The molecular weight excluding hydrogens is 240 g/mol. The Morgan fingerprint density at radius 1 is 1.25 bits per heavy atom. The quantitative estimate of drug-likeness (QED) is 0.751. The highest BCUT2D eigenvalue weighted by Crippen LogP contribution is 2.31. The molecule has 3 nitrogen and oxygen atoms in total. The Hall–Kier alpha value is -1.59. The predicted molar refractivity (Wildman–Crippen MR) is 68.4 cm³/mol. The van der Waals surface area contributed by atoms with Gasteiger partial charge in [-0.05, 0) is 29.6 Å². The predicted octanol–water partition coefficient (Wildman–Crippen LogP) is 3.73. The number of benzene rings is 1. The minimum atomic E-state index is 0.586. The maximum absolute atomic E-state index is 5.69. The number of nitrogens with zero attached hydrogens (tertiary/aromatic N) is 1. The van der Waals surface area contributed by atoms with Gasteiger partial charge in [-0.15, -0.1) is 11.3 Å². The van der Waals surface area contributed by atoms with Crippen LogP contribution in [-0.4, -0.2) is 4.98 Å². The molecule has 0 aliphatic rings. The lowest BCUT2D eigenvalue weighted by Gasteiger charge is -2.01. The molecule has 2 heterocycles. The van der Waals surface area contributed by atoms with Crippen LogP contribution in [0, 0.1) is 0 Å². The van der Waals surface area contributed by atoms with Crippen molar-refractivity contribution in [2.75, 3.05) is 5.73 Å². The summed E-state index contributed by atoms with van der Waals surface area (Å²) in [7, 11) is 0. The molecule has 0 fully saturated rings. The molecule has 0 spiro atoms. The maximum atomic E-state index is 5.69. The van der Waals surface area contributed by atoms with E-state index in [0.29, 0.717) is 5.13 Å². The van der Waals surface area contributed by atoms with E-state index in [2.05, 4.69) is 4.98 Å². The molecule has 0 saturated carbocycles. The normalized spacial score (nSPS) is 10.8. The van der Waals surface area contributed by atoms with E-state index in [1.807, 2.05) is 35.7 Å². The highest BCUT2D eigenvalue weighted by Gasteiger charge is 2.03. The number of hydrogen-bond donors (Lipinski definition) is 1. The zero-order valence-corrected chi connectivity index (χ0v) is 9.85. The Balaban J connectivity index is 1.98. The van der Waals surface area contributed by atoms with Gasteiger partial charge in [0.15, 0.2) is 10.2 Å². The second-order valence-corrected chi connectivity index (χ2v) is 5.19. The Morgan fingerprint density at radius 3 is 3.00 bits per heavy atom. The molecule has 5 heteroatoms. The highest BCUT2D eigenvalue weighted by atomic mass is 32.1. The van der Waals surface area contributed by atoms with Crippen LogP contribution in [0.5, 0.6) is 10.8 Å². The summed E-state index contributed by atoms with van der Waals surface area (Å²) in [5.74, 6) is 0.818.